The summed E-state index contributed by atoms with van der Waals surface area (Å²) in [5.41, 5.74) is 1.26. The first-order valence-electron chi connectivity index (χ1n) is 7.14. The van der Waals surface area contributed by atoms with Crippen molar-refractivity contribution in [1.29, 1.82) is 0 Å². The summed E-state index contributed by atoms with van der Waals surface area (Å²) in [7, 11) is 0. The van der Waals surface area contributed by atoms with Crippen LogP contribution in [0, 0.1) is 0 Å². The van der Waals surface area contributed by atoms with Gasteiger partial charge in [0.15, 0.2) is 0 Å². The van der Waals surface area contributed by atoms with E-state index in [1.807, 2.05) is 0 Å². The summed E-state index contributed by atoms with van der Waals surface area (Å²) in [6, 6.07) is 12.7. The van der Waals surface area contributed by atoms with E-state index in [4.69, 9.17) is 4.74 Å². The Balaban J connectivity index is 2.43. The fourth-order valence-corrected chi connectivity index (χ4v) is 2.16. The summed E-state index contributed by atoms with van der Waals surface area (Å²) in [6.07, 6.45) is 1.27. The van der Waals surface area contributed by atoms with Gasteiger partial charge in [0, 0.05) is 12.1 Å². The maximum absolute atomic E-state index is 6.06. The molecule has 0 aromatic heterocycles. The fourth-order valence-electron chi connectivity index (χ4n) is 2.16. The molecule has 0 saturated heterocycles. The van der Waals surface area contributed by atoms with Crippen LogP contribution in [0.1, 0.15) is 32.8 Å². The van der Waals surface area contributed by atoms with Gasteiger partial charge in [0.2, 0.25) is 0 Å². The van der Waals surface area contributed by atoms with Gasteiger partial charge in [-0.25, -0.2) is 0 Å². The van der Waals surface area contributed by atoms with E-state index in [1.165, 1.54) is 16.3 Å². The van der Waals surface area contributed by atoms with Crippen molar-refractivity contribution in [2.45, 2.75) is 39.8 Å². The zero-order valence-corrected chi connectivity index (χ0v) is 12.1. The summed E-state index contributed by atoms with van der Waals surface area (Å²) in [5.74, 6) is 1.01. The molecule has 0 aliphatic heterocycles. The highest BCUT2D eigenvalue weighted by Gasteiger charge is 2.10. The monoisotopic (exact) mass is 257 g/mol. The zero-order chi connectivity index (χ0) is 13.7. The minimum atomic E-state index is 0.251. The minimum absolute atomic E-state index is 0.251. The van der Waals surface area contributed by atoms with Crippen LogP contribution < -0.4 is 10.1 Å². The van der Waals surface area contributed by atoms with Crippen molar-refractivity contribution in [3.63, 3.8) is 0 Å². The molecule has 19 heavy (non-hydrogen) atoms. The lowest BCUT2D eigenvalue weighted by molar-refractivity contribution is 0.215. The smallest absolute Gasteiger partial charge is 0.124 e. The van der Waals surface area contributed by atoms with E-state index < -0.39 is 0 Å². The molecule has 0 spiro atoms. The second-order valence-corrected chi connectivity index (χ2v) is 4.88. The molecule has 0 heterocycles. The van der Waals surface area contributed by atoms with Gasteiger partial charge in [-0.05, 0) is 36.7 Å². The van der Waals surface area contributed by atoms with E-state index in [1.54, 1.807) is 0 Å². The molecule has 0 amide bonds. The van der Waals surface area contributed by atoms with Crippen molar-refractivity contribution in [2.75, 3.05) is 6.54 Å². The molecule has 2 nitrogen and oxygen atoms in total. The first-order valence-corrected chi connectivity index (χ1v) is 7.14. The first kappa shape index (κ1) is 13.9. The second-order valence-electron chi connectivity index (χ2n) is 4.88. The van der Waals surface area contributed by atoms with Gasteiger partial charge in [-0.1, -0.05) is 44.2 Å². The highest BCUT2D eigenvalue weighted by atomic mass is 16.5. The molecule has 0 radical (unpaired) electrons. The molecule has 0 saturated carbocycles. The molecule has 1 unspecified atom stereocenters. The quantitative estimate of drug-likeness (QED) is 0.840. The Bertz CT molecular complexity index is 536. The number of ether oxygens (including phenoxy) is 1. The Hall–Kier alpha value is -1.54. The molecule has 2 heteroatoms. The maximum atomic E-state index is 6.06. The molecule has 0 aliphatic carbocycles. The largest absolute Gasteiger partial charge is 0.490 e. The average molecular weight is 257 g/mol. The third kappa shape index (κ3) is 3.27. The van der Waals surface area contributed by atoms with Crippen molar-refractivity contribution in [3.8, 4) is 5.75 Å². The van der Waals surface area contributed by atoms with Crippen LogP contribution in [0.5, 0.6) is 5.75 Å². The van der Waals surface area contributed by atoms with Crippen molar-refractivity contribution in [2.24, 2.45) is 0 Å². The predicted octanol–water partition coefficient (Wildman–Crippen LogP) is 4.13. The van der Waals surface area contributed by atoms with Crippen molar-refractivity contribution in [3.05, 3.63) is 42.0 Å². The molecule has 2 rings (SSSR count). The Morgan fingerprint density at radius 1 is 1.11 bits per heavy atom. The van der Waals surface area contributed by atoms with Crippen LogP contribution in [0.3, 0.4) is 0 Å². The number of benzene rings is 2. The number of rotatable bonds is 6. The number of nitrogens with one attached hydrogen (secondary N) is 1. The Labute approximate surface area is 115 Å². The summed E-state index contributed by atoms with van der Waals surface area (Å²) < 4.78 is 6.06. The van der Waals surface area contributed by atoms with Crippen molar-refractivity contribution < 1.29 is 4.74 Å². The number of hydrogen-bond acceptors (Lipinski definition) is 2. The molecular weight excluding hydrogens is 234 g/mol. The third-order valence-electron chi connectivity index (χ3n) is 3.45. The molecule has 0 aliphatic rings. The van der Waals surface area contributed by atoms with Crippen LogP contribution in [0.2, 0.25) is 0 Å². The van der Waals surface area contributed by atoms with Crippen LogP contribution in [0.4, 0.5) is 0 Å². The average Bonchev–Trinajstić information content (AvgIpc) is 2.45. The number of fused-ring (bicyclic) bond motifs is 1. The summed E-state index contributed by atoms with van der Waals surface area (Å²) in [5, 5.41) is 5.96. The van der Waals surface area contributed by atoms with Crippen LogP contribution >= 0.6 is 0 Å². The topological polar surface area (TPSA) is 21.3 Å². The van der Waals surface area contributed by atoms with Gasteiger partial charge < -0.3 is 10.1 Å². The zero-order valence-electron chi connectivity index (χ0n) is 12.1. The molecule has 0 bridgehead atoms. The molecule has 1 N–H and O–H groups in total. The SMILES string of the molecule is CCNCc1c(OC(C)CC)ccc2ccccc12. The predicted molar refractivity (Wildman–Crippen MR) is 81.7 cm³/mol. The van der Waals surface area contributed by atoms with Gasteiger partial charge >= 0.3 is 0 Å². The number of hydrogen-bond donors (Lipinski definition) is 1. The van der Waals surface area contributed by atoms with Crippen molar-refractivity contribution >= 4 is 10.8 Å². The Kier molecular flexibility index (Phi) is 4.80. The molecule has 0 fully saturated rings. The van der Waals surface area contributed by atoms with Crippen LogP contribution in [0.25, 0.3) is 10.8 Å². The van der Waals surface area contributed by atoms with Gasteiger partial charge in [0.1, 0.15) is 5.75 Å². The second kappa shape index (κ2) is 6.58. The third-order valence-corrected chi connectivity index (χ3v) is 3.45. The normalized spacial score (nSPS) is 12.6. The van der Waals surface area contributed by atoms with E-state index in [2.05, 4.69) is 62.5 Å². The summed E-state index contributed by atoms with van der Waals surface area (Å²) in [6.45, 7) is 8.21. The lowest BCUT2D eigenvalue weighted by Crippen LogP contribution is -2.16. The Morgan fingerprint density at radius 2 is 1.89 bits per heavy atom. The van der Waals surface area contributed by atoms with E-state index in [-0.39, 0.29) is 6.10 Å². The standard InChI is InChI=1S/C17H23NO/c1-4-13(3)19-17-11-10-14-8-6-7-9-15(14)16(17)12-18-5-2/h6-11,13,18H,4-5,12H2,1-3H3. The Morgan fingerprint density at radius 3 is 2.63 bits per heavy atom. The highest BCUT2D eigenvalue weighted by molar-refractivity contribution is 5.87. The molecule has 102 valence electrons. The summed E-state index contributed by atoms with van der Waals surface area (Å²) in [4.78, 5) is 0. The van der Waals surface area contributed by atoms with E-state index in [0.717, 1.165) is 25.3 Å². The van der Waals surface area contributed by atoms with Gasteiger partial charge in [-0.15, -0.1) is 0 Å². The summed E-state index contributed by atoms with van der Waals surface area (Å²) >= 11 is 0. The van der Waals surface area contributed by atoms with E-state index in [0.29, 0.717) is 0 Å². The maximum Gasteiger partial charge on any atom is 0.124 e. The van der Waals surface area contributed by atoms with Crippen LogP contribution in [0.15, 0.2) is 36.4 Å². The van der Waals surface area contributed by atoms with Gasteiger partial charge in [-0.3, -0.25) is 0 Å². The van der Waals surface area contributed by atoms with Crippen molar-refractivity contribution in [1.82, 2.24) is 5.32 Å². The molecule has 2 aromatic rings. The van der Waals surface area contributed by atoms with Gasteiger partial charge in [0.25, 0.3) is 0 Å². The van der Waals surface area contributed by atoms with Gasteiger partial charge in [0.05, 0.1) is 6.10 Å². The molecular formula is C17H23NO. The lowest BCUT2D eigenvalue weighted by Gasteiger charge is -2.18. The van der Waals surface area contributed by atoms with Crippen LogP contribution in [-0.4, -0.2) is 12.6 Å². The van der Waals surface area contributed by atoms with Gasteiger partial charge in [-0.2, -0.15) is 0 Å². The van der Waals surface area contributed by atoms with E-state index >= 15 is 0 Å². The lowest BCUT2D eigenvalue weighted by atomic mass is 10.0. The van der Waals surface area contributed by atoms with Crippen LogP contribution in [-0.2, 0) is 6.54 Å². The molecule has 1 atom stereocenters. The fraction of sp³-hybridized carbons (Fsp3) is 0.412. The van der Waals surface area contributed by atoms with E-state index in [9.17, 15) is 0 Å². The first-order chi connectivity index (χ1) is 9.26. The highest BCUT2D eigenvalue weighted by Crippen LogP contribution is 2.29. The minimum Gasteiger partial charge on any atom is -0.490 e. The molecule has 2 aromatic carbocycles.